The first-order valence-electron chi connectivity index (χ1n) is 4.00. The number of ketones is 1. The second-order valence-electron chi connectivity index (χ2n) is 2.22. The molecule has 0 amide bonds. The van der Waals surface area contributed by atoms with Crippen molar-refractivity contribution in [1.82, 2.24) is 0 Å². The summed E-state index contributed by atoms with van der Waals surface area (Å²) in [7, 11) is 0. The predicted octanol–water partition coefficient (Wildman–Crippen LogP) is 0.893. The van der Waals surface area contributed by atoms with Crippen LogP contribution < -0.4 is 0 Å². The molecule has 0 aliphatic carbocycles. The molecule has 0 aromatic heterocycles. The number of carbonyl (C=O) groups excluding carboxylic acids is 2. The number of Topliss-reactive ketones (excluding diaryl/α,β-unsaturated/α-hetero) is 1. The van der Waals surface area contributed by atoms with Crippen LogP contribution in [0.25, 0.3) is 0 Å². The average molecular weight is 174 g/mol. The van der Waals surface area contributed by atoms with Crippen molar-refractivity contribution in [1.29, 1.82) is 0 Å². The van der Waals surface area contributed by atoms with Gasteiger partial charge in [-0.05, 0) is 13.3 Å². The van der Waals surface area contributed by atoms with E-state index in [0.29, 0.717) is 13.0 Å². The van der Waals surface area contributed by atoms with E-state index in [1.54, 1.807) is 6.92 Å². The fraction of sp³-hybridized carbons (Fsp3) is 0.750. The van der Waals surface area contributed by atoms with Crippen molar-refractivity contribution in [3.8, 4) is 0 Å². The van der Waals surface area contributed by atoms with Gasteiger partial charge in [0.2, 0.25) is 5.78 Å². The fourth-order valence-electron chi connectivity index (χ4n) is 0.588. The Hall–Kier alpha value is -0.900. The van der Waals surface area contributed by atoms with Gasteiger partial charge in [-0.15, -0.1) is 0 Å². The summed E-state index contributed by atoms with van der Waals surface area (Å²) in [5.74, 6) is -1.29. The summed E-state index contributed by atoms with van der Waals surface area (Å²) >= 11 is 0. The third kappa shape index (κ3) is 4.85. The Balaban J connectivity index is 3.50. The molecule has 0 unspecified atom stereocenters. The number of esters is 1. The topological polar surface area (TPSA) is 52.6 Å². The number of carbonyl (C=O) groups is 2. The van der Waals surface area contributed by atoms with Gasteiger partial charge in [0.1, 0.15) is 0 Å². The lowest BCUT2D eigenvalue weighted by Crippen LogP contribution is -2.18. The van der Waals surface area contributed by atoms with Crippen LogP contribution >= 0.6 is 0 Å². The van der Waals surface area contributed by atoms with Gasteiger partial charge < -0.3 is 9.47 Å². The van der Waals surface area contributed by atoms with Gasteiger partial charge in [-0.25, -0.2) is 4.79 Å². The minimum atomic E-state index is -0.801. The maximum Gasteiger partial charge on any atom is 0.376 e. The standard InChI is InChI=1S/C8H14O4/c1-3-5-7(9)8(10)12-6-11-4-2/h3-6H2,1-2H3. The second-order valence-corrected chi connectivity index (χ2v) is 2.22. The molecule has 12 heavy (non-hydrogen) atoms. The van der Waals surface area contributed by atoms with Crippen LogP contribution in [0.2, 0.25) is 0 Å². The zero-order chi connectivity index (χ0) is 9.40. The Labute approximate surface area is 71.8 Å². The van der Waals surface area contributed by atoms with Crippen LogP contribution in [-0.4, -0.2) is 25.2 Å². The molecule has 4 nitrogen and oxygen atoms in total. The maximum atomic E-state index is 10.8. The maximum absolute atomic E-state index is 10.8. The van der Waals surface area contributed by atoms with Crippen molar-refractivity contribution in [2.24, 2.45) is 0 Å². The first kappa shape index (κ1) is 11.1. The third-order valence-electron chi connectivity index (χ3n) is 1.18. The summed E-state index contributed by atoms with van der Waals surface area (Å²) < 4.78 is 9.22. The highest BCUT2D eigenvalue weighted by atomic mass is 16.7. The van der Waals surface area contributed by atoms with Gasteiger partial charge >= 0.3 is 5.97 Å². The van der Waals surface area contributed by atoms with Gasteiger partial charge in [0, 0.05) is 13.0 Å². The highest BCUT2D eigenvalue weighted by Gasteiger charge is 2.13. The SMILES string of the molecule is CCCC(=O)C(=O)OCOCC. The van der Waals surface area contributed by atoms with E-state index >= 15 is 0 Å². The summed E-state index contributed by atoms with van der Waals surface area (Å²) in [6.45, 7) is 3.94. The first-order chi connectivity index (χ1) is 5.72. The molecule has 70 valence electrons. The molecular weight excluding hydrogens is 160 g/mol. The third-order valence-corrected chi connectivity index (χ3v) is 1.18. The van der Waals surface area contributed by atoms with E-state index in [1.165, 1.54) is 0 Å². The summed E-state index contributed by atoms with van der Waals surface area (Å²) in [4.78, 5) is 21.6. The van der Waals surface area contributed by atoms with E-state index in [4.69, 9.17) is 4.74 Å². The Morgan fingerprint density at radius 1 is 1.25 bits per heavy atom. The lowest BCUT2D eigenvalue weighted by atomic mass is 10.2. The van der Waals surface area contributed by atoms with Gasteiger partial charge in [0.15, 0.2) is 6.79 Å². The van der Waals surface area contributed by atoms with E-state index in [0.717, 1.165) is 0 Å². The summed E-state index contributed by atoms with van der Waals surface area (Å²) in [6, 6.07) is 0. The Morgan fingerprint density at radius 3 is 2.42 bits per heavy atom. The minimum Gasteiger partial charge on any atom is -0.433 e. The van der Waals surface area contributed by atoms with Gasteiger partial charge in [-0.1, -0.05) is 6.92 Å². The molecule has 0 bridgehead atoms. The molecule has 0 aliphatic rings. The van der Waals surface area contributed by atoms with E-state index < -0.39 is 11.8 Å². The van der Waals surface area contributed by atoms with E-state index in [1.807, 2.05) is 6.92 Å². The second kappa shape index (κ2) is 6.79. The van der Waals surface area contributed by atoms with Crippen molar-refractivity contribution in [2.75, 3.05) is 13.4 Å². The van der Waals surface area contributed by atoms with Crippen molar-refractivity contribution in [3.05, 3.63) is 0 Å². The fourth-order valence-corrected chi connectivity index (χ4v) is 0.588. The van der Waals surface area contributed by atoms with Crippen molar-refractivity contribution < 1.29 is 19.1 Å². The molecule has 0 fully saturated rings. The van der Waals surface area contributed by atoms with E-state index in [-0.39, 0.29) is 13.2 Å². The molecule has 0 spiro atoms. The first-order valence-corrected chi connectivity index (χ1v) is 4.00. The van der Waals surface area contributed by atoms with Gasteiger partial charge in [-0.2, -0.15) is 0 Å². The smallest absolute Gasteiger partial charge is 0.376 e. The zero-order valence-corrected chi connectivity index (χ0v) is 7.46. The Bertz CT molecular complexity index is 153. The van der Waals surface area contributed by atoms with E-state index in [9.17, 15) is 9.59 Å². The Kier molecular flexibility index (Phi) is 6.28. The zero-order valence-electron chi connectivity index (χ0n) is 7.46. The number of hydrogen-bond acceptors (Lipinski definition) is 4. The molecule has 0 saturated heterocycles. The molecule has 0 aliphatic heterocycles. The highest BCUT2D eigenvalue weighted by Crippen LogP contribution is 1.92. The quantitative estimate of drug-likeness (QED) is 0.260. The molecule has 0 aromatic rings. The lowest BCUT2D eigenvalue weighted by molar-refractivity contribution is -0.163. The number of rotatable bonds is 6. The predicted molar refractivity (Wildman–Crippen MR) is 42.5 cm³/mol. The molecule has 0 aromatic carbocycles. The number of hydrogen-bond donors (Lipinski definition) is 0. The largest absolute Gasteiger partial charge is 0.433 e. The molecular formula is C8H14O4. The van der Waals surface area contributed by atoms with Crippen LogP contribution in [0.4, 0.5) is 0 Å². The summed E-state index contributed by atoms with van der Waals surface area (Å²) in [5.41, 5.74) is 0. The van der Waals surface area contributed by atoms with Gasteiger partial charge in [0.05, 0.1) is 0 Å². The highest BCUT2D eigenvalue weighted by molar-refractivity contribution is 6.33. The Morgan fingerprint density at radius 2 is 1.92 bits per heavy atom. The van der Waals surface area contributed by atoms with Crippen LogP contribution in [0.3, 0.4) is 0 Å². The van der Waals surface area contributed by atoms with Gasteiger partial charge in [-0.3, -0.25) is 4.79 Å². The molecule has 0 saturated carbocycles. The van der Waals surface area contributed by atoms with Crippen LogP contribution in [-0.2, 0) is 19.1 Å². The molecule has 4 heteroatoms. The van der Waals surface area contributed by atoms with Crippen LogP contribution in [0.15, 0.2) is 0 Å². The summed E-state index contributed by atoms with van der Waals surface area (Å²) in [6.07, 6.45) is 0.896. The molecule has 0 atom stereocenters. The lowest BCUT2D eigenvalue weighted by Gasteiger charge is -2.01. The van der Waals surface area contributed by atoms with Crippen LogP contribution in [0.5, 0.6) is 0 Å². The van der Waals surface area contributed by atoms with Gasteiger partial charge in [0.25, 0.3) is 0 Å². The number of ether oxygens (including phenoxy) is 2. The monoisotopic (exact) mass is 174 g/mol. The molecule has 0 N–H and O–H groups in total. The molecule has 0 rings (SSSR count). The minimum absolute atomic E-state index is 0.134. The van der Waals surface area contributed by atoms with Crippen LogP contribution in [0, 0.1) is 0 Å². The molecule has 0 heterocycles. The van der Waals surface area contributed by atoms with Crippen molar-refractivity contribution >= 4 is 11.8 Å². The normalized spacial score (nSPS) is 9.50. The van der Waals surface area contributed by atoms with Crippen molar-refractivity contribution in [2.45, 2.75) is 26.7 Å². The van der Waals surface area contributed by atoms with E-state index in [2.05, 4.69) is 4.74 Å². The molecule has 0 radical (unpaired) electrons. The summed E-state index contributed by atoms with van der Waals surface area (Å²) in [5, 5.41) is 0. The van der Waals surface area contributed by atoms with Crippen molar-refractivity contribution in [3.63, 3.8) is 0 Å². The van der Waals surface area contributed by atoms with Crippen LogP contribution in [0.1, 0.15) is 26.7 Å². The average Bonchev–Trinajstić information content (AvgIpc) is 2.05.